The van der Waals surface area contributed by atoms with Crippen molar-refractivity contribution in [3.63, 3.8) is 0 Å². The summed E-state index contributed by atoms with van der Waals surface area (Å²) in [4.78, 5) is 0. The minimum Gasteiger partial charge on any atom is -0.192 e. The van der Waals surface area contributed by atoms with Crippen LogP contribution in [0, 0.1) is 0 Å². The lowest BCUT2D eigenvalue weighted by molar-refractivity contribution is 0.723. The van der Waals surface area contributed by atoms with Crippen molar-refractivity contribution in [3.05, 3.63) is 39.6 Å². The molecular formula is C12H12Cl2N4S. The molecule has 1 aromatic carbocycles. The molecule has 0 radical (unpaired) electrons. The third-order valence-corrected chi connectivity index (χ3v) is 3.76. The third kappa shape index (κ3) is 3.11. The van der Waals surface area contributed by atoms with Crippen LogP contribution in [0.4, 0.5) is 0 Å². The molecule has 1 heterocycles. The van der Waals surface area contributed by atoms with Crippen molar-refractivity contribution in [3.8, 4) is 0 Å². The molecule has 7 heteroatoms. The summed E-state index contributed by atoms with van der Waals surface area (Å²) in [6, 6.07) is 5.35. The molecule has 4 nitrogen and oxygen atoms in total. The number of benzene rings is 1. The van der Waals surface area contributed by atoms with Gasteiger partial charge in [0.15, 0.2) is 5.82 Å². The first-order chi connectivity index (χ1) is 9.17. The summed E-state index contributed by atoms with van der Waals surface area (Å²) in [5, 5.41) is 14.4. The van der Waals surface area contributed by atoms with Crippen LogP contribution in [0.5, 0.6) is 0 Å². The Morgan fingerprint density at radius 2 is 2.00 bits per heavy atom. The Hall–Kier alpha value is -1.04. The third-order valence-electron chi connectivity index (χ3n) is 2.48. The van der Waals surface area contributed by atoms with Crippen LogP contribution in [-0.2, 0) is 6.42 Å². The van der Waals surface area contributed by atoms with Gasteiger partial charge in [0.05, 0.1) is 16.3 Å². The molecule has 0 spiro atoms. The zero-order valence-corrected chi connectivity index (χ0v) is 12.8. The molecule has 19 heavy (non-hydrogen) atoms. The second kappa shape index (κ2) is 6.41. The largest absolute Gasteiger partial charge is 0.211 e. The Bertz CT molecular complexity index is 568. The van der Waals surface area contributed by atoms with Crippen LogP contribution in [0.25, 0.3) is 0 Å². The van der Waals surface area contributed by atoms with E-state index in [0.717, 1.165) is 17.4 Å². The predicted octanol–water partition coefficient (Wildman–Crippen LogP) is 3.75. The molecule has 100 valence electrons. The number of nitrogens with zero attached hydrogens (tertiary/aromatic N) is 4. The van der Waals surface area contributed by atoms with Gasteiger partial charge in [-0.3, -0.25) is 0 Å². The molecule has 0 saturated carbocycles. The van der Waals surface area contributed by atoms with E-state index < -0.39 is 0 Å². The smallest absolute Gasteiger partial charge is 0.192 e. The number of hydrogen-bond acceptors (Lipinski definition) is 4. The summed E-state index contributed by atoms with van der Waals surface area (Å²) in [7, 11) is 0. The van der Waals surface area contributed by atoms with Gasteiger partial charge in [-0.05, 0) is 18.4 Å². The molecule has 0 atom stereocenters. The van der Waals surface area contributed by atoms with E-state index in [2.05, 4.69) is 15.3 Å². The van der Waals surface area contributed by atoms with Gasteiger partial charge in [-0.15, -0.1) is 10.2 Å². The van der Waals surface area contributed by atoms with Crippen molar-refractivity contribution < 1.29 is 0 Å². The first kappa shape index (κ1) is 14.4. The van der Waals surface area contributed by atoms with Crippen molar-refractivity contribution in [1.82, 2.24) is 14.9 Å². The van der Waals surface area contributed by atoms with Crippen LogP contribution in [0.15, 0.2) is 28.5 Å². The van der Waals surface area contributed by atoms with Crippen molar-refractivity contribution in [2.45, 2.75) is 18.5 Å². The number of aromatic nitrogens is 3. The van der Waals surface area contributed by atoms with Gasteiger partial charge < -0.3 is 0 Å². The zero-order chi connectivity index (χ0) is 13.8. The minimum atomic E-state index is 0.563. The lowest BCUT2D eigenvalue weighted by Crippen LogP contribution is -1.99. The molecule has 2 rings (SSSR count). The highest BCUT2D eigenvalue weighted by molar-refractivity contribution is 7.98. The Balaban J connectivity index is 2.40. The van der Waals surface area contributed by atoms with E-state index in [9.17, 15) is 0 Å². The molecule has 1 aromatic heterocycles. The Morgan fingerprint density at radius 3 is 2.58 bits per heavy atom. The summed E-state index contributed by atoms with van der Waals surface area (Å²) in [6.45, 7) is 2.00. The molecule has 0 aliphatic rings. The fourth-order valence-corrected chi connectivity index (χ4v) is 2.45. The number of halogens is 2. The van der Waals surface area contributed by atoms with Crippen molar-refractivity contribution in [1.29, 1.82) is 0 Å². The van der Waals surface area contributed by atoms with E-state index in [4.69, 9.17) is 23.2 Å². The molecule has 2 aromatic rings. The molecular weight excluding hydrogens is 303 g/mol. The molecule has 0 saturated heterocycles. The van der Waals surface area contributed by atoms with Gasteiger partial charge in [0, 0.05) is 12.0 Å². The number of thioether (sulfide) groups is 1. The summed E-state index contributed by atoms with van der Waals surface area (Å²) in [6.07, 6.45) is 4.31. The van der Waals surface area contributed by atoms with E-state index >= 15 is 0 Å². The van der Waals surface area contributed by atoms with Crippen LogP contribution < -0.4 is 0 Å². The lowest BCUT2D eigenvalue weighted by atomic mass is 10.2. The maximum atomic E-state index is 6.10. The Morgan fingerprint density at radius 1 is 1.32 bits per heavy atom. The molecule has 0 bridgehead atoms. The number of rotatable bonds is 4. The van der Waals surface area contributed by atoms with Gasteiger partial charge in [0.1, 0.15) is 0 Å². The minimum absolute atomic E-state index is 0.563. The van der Waals surface area contributed by atoms with Gasteiger partial charge in [-0.1, -0.05) is 48.0 Å². The molecule has 0 N–H and O–H groups in total. The highest BCUT2D eigenvalue weighted by Crippen LogP contribution is 2.22. The van der Waals surface area contributed by atoms with Gasteiger partial charge in [-0.25, -0.2) is 0 Å². The summed E-state index contributed by atoms with van der Waals surface area (Å²) in [5.74, 6) is 0.795. The van der Waals surface area contributed by atoms with E-state index in [1.807, 2.05) is 13.2 Å². The monoisotopic (exact) mass is 314 g/mol. The van der Waals surface area contributed by atoms with Crippen LogP contribution in [0.2, 0.25) is 10.0 Å². The van der Waals surface area contributed by atoms with E-state index in [0.29, 0.717) is 15.6 Å². The average Bonchev–Trinajstić information content (AvgIpc) is 2.80. The van der Waals surface area contributed by atoms with Gasteiger partial charge in [0.25, 0.3) is 0 Å². The van der Waals surface area contributed by atoms with E-state index in [-0.39, 0.29) is 0 Å². The zero-order valence-electron chi connectivity index (χ0n) is 10.5. The lowest BCUT2D eigenvalue weighted by Gasteiger charge is -2.03. The fraction of sp³-hybridized carbons (Fsp3) is 0.250. The van der Waals surface area contributed by atoms with E-state index in [1.54, 1.807) is 29.1 Å². The Labute approximate surface area is 125 Å². The van der Waals surface area contributed by atoms with Crippen molar-refractivity contribution >= 4 is 41.2 Å². The second-order valence-corrected chi connectivity index (χ2v) is 5.24. The van der Waals surface area contributed by atoms with Gasteiger partial charge >= 0.3 is 0 Å². The van der Waals surface area contributed by atoms with Crippen LogP contribution in [-0.4, -0.2) is 27.3 Å². The van der Waals surface area contributed by atoms with Gasteiger partial charge in [0.2, 0.25) is 5.16 Å². The molecule has 0 aliphatic heterocycles. The second-order valence-electron chi connectivity index (χ2n) is 3.65. The summed E-state index contributed by atoms with van der Waals surface area (Å²) >= 11 is 13.7. The van der Waals surface area contributed by atoms with Crippen molar-refractivity contribution in [2.75, 3.05) is 6.26 Å². The van der Waals surface area contributed by atoms with Crippen LogP contribution in [0.3, 0.4) is 0 Å². The fourth-order valence-electron chi connectivity index (χ4n) is 1.51. The highest BCUT2D eigenvalue weighted by Gasteiger charge is 2.09. The van der Waals surface area contributed by atoms with Crippen molar-refractivity contribution in [2.24, 2.45) is 5.10 Å². The standard InChI is InChI=1S/C12H12Cl2N4S/c1-3-11-16-17-12(19-2)18(11)15-7-8-9(13)5-4-6-10(8)14/h4-7H,3H2,1-2H3/b15-7-. The summed E-state index contributed by atoms with van der Waals surface area (Å²) < 4.78 is 1.70. The normalized spacial score (nSPS) is 11.4. The predicted molar refractivity (Wildman–Crippen MR) is 80.6 cm³/mol. The molecule has 0 aliphatic carbocycles. The first-order valence-electron chi connectivity index (χ1n) is 5.64. The maximum absolute atomic E-state index is 6.10. The molecule has 0 amide bonds. The maximum Gasteiger partial charge on any atom is 0.211 e. The topological polar surface area (TPSA) is 43.1 Å². The van der Waals surface area contributed by atoms with Crippen LogP contribution >= 0.6 is 35.0 Å². The quantitative estimate of drug-likeness (QED) is 0.637. The number of hydrogen-bond donors (Lipinski definition) is 0. The number of aryl methyl sites for hydroxylation is 1. The first-order valence-corrected chi connectivity index (χ1v) is 7.62. The molecule has 0 unspecified atom stereocenters. The van der Waals surface area contributed by atoms with E-state index in [1.165, 1.54) is 11.8 Å². The van der Waals surface area contributed by atoms with Crippen LogP contribution in [0.1, 0.15) is 18.3 Å². The summed E-state index contributed by atoms with van der Waals surface area (Å²) in [5.41, 5.74) is 0.689. The Kier molecular flexibility index (Phi) is 4.85. The van der Waals surface area contributed by atoms with Gasteiger partial charge in [-0.2, -0.15) is 9.78 Å². The average molecular weight is 315 g/mol. The molecule has 0 fully saturated rings. The highest BCUT2D eigenvalue weighted by atomic mass is 35.5. The SMILES string of the molecule is CCc1nnc(SC)n1/N=C\c1c(Cl)cccc1Cl.